The summed E-state index contributed by atoms with van der Waals surface area (Å²) in [5, 5.41) is 0. The third-order valence-corrected chi connectivity index (χ3v) is 5.18. The van der Waals surface area contributed by atoms with Gasteiger partial charge < -0.3 is 0 Å². The number of aryl methyl sites for hydroxylation is 2. The summed E-state index contributed by atoms with van der Waals surface area (Å²) in [6.07, 6.45) is 0. The van der Waals surface area contributed by atoms with Gasteiger partial charge in [0, 0.05) is 5.54 Å². The Morgan fingerprint density at radius 2 is 1.47 bits per heavy atom. The fourth-order valence-corrected chi connectivity index (χ4v) is 4.20. The van der Waals surface area contributed by atoms with Crippen LogP contribution in [0.1, 0.15) is 27.8 Å². The lowest BCUT2D eigenvalue weighted by Gasteiger charge is -2.16. The zero-order chi connectivity index (χ0) is 12.3. The van der Waals surface area contributed by atoms with Gasteiger partial charge in [0.1, 0.15) is 8.83 Å². The van der Waals surface area contributed by atoms with E-state index in [1.165, 1.54) is 22.3 Å². The minimum Gasteiger partial charge on any atom is -0.175 e. The summed E-state index contributed by atoms with van der Waals surface area (Å²) < 4.78 is 0. The molecule has 0 amide bonds. The average Bonchev–Trinajstić information content (AvgIpc) is 2.30. The van der Waals surface area contributed by atoms with Gasteiger partial charge in [-0.05, 0) is 25.0 Å². The molecule has 2 aromatic rings. The molecule has 0 aliphatic rings. The van der Waals surface area contributed by atoms with Crippen molar-refractivity contribution in [1.82, 2.24) is 0 Å². The molecule has 2 rings (SSSR count). The van der Waals surface area contributed by atoms with E-state index in [9.17, 15) is 0 Å². The molecule has 2 heteroatoms. The van der Waals surface area contributed by atoms with Crippen molar-refractivity contribution >= 4 is 19.9 Å². The van der Waals surface area contributed by atoms with Crippen LogP contribution in [0.3, 0.4) is 0 Å². The van der Waals surface area contributed by atoms with Gasteiger partial charge in [-0.3, -0.25) is 0 Å². The summed E-state index contributed by atoms with van der Waals surface area (Å²) in [4.78, 5) is 0. The molecule has 0 aliphatic heterocycles. The second-order valence-electron chi connectivity index (χ2n) is 4.54. The van der Waals surface area contributed by atoms with Gasteiger partial charge in [-0.1, -0.05) is 59.7 Å². The smallest absolute Gasteiger partial charge is 0.137 e. The summed E-state index contributed by atoms with van der Waals surface area (Å²) in [5.41, 5.74) is 5.78. The van der Waals surface area contributed by atoms with E-state index < -0.39 is 8.83 Å². The van der Waals surface area contributed by atoms with Crippen LogP contribution in [0.5, 0.6) is 0 Å². The Morgan fingerprint density at radius 1 is 0.882 bits per heavy atom. The van der Waals surface area contributed by atoms with Crippen molar-refractivity contribution in [3.05, 3.63) is 70.8 Å². The van der Waals surface area contributed by atoms with Crippen molar-refractivity contribution in [2.45, 2.75) is 19.4 Å². The topological polar surface area (TPSA) is 0 Å². The molecule has 1 atom stereocenters. The fourth-order valence-electron chi connectivity index (χ4n) is 2.27. The molecule has 0 radical (unpaired) electrons. The highest BCUT2D eigenvalue weighted by molar-refractivity contribution is 6.94. The molecule has 0 aliphatic carbocycles. The van der Waals surface area contributed by atoms with Crippen LogP contribution in [-0.4, -0.2) is 8.83 Å². The summed E-state index contributed by atoms with van der Waals surface area (Å²) in [5.74, 6) is 0. The molecule has 0 heterocycles. The van der Waals surface area contributed by atoms with E-state index >= 15 is 0 Å². The predicted octanol–water partition coefficient (Wildman–Crippen LogP) is 3.72. The first-order chi connectivity index (χ1) is 8.20. The number of halogens is 1. The molecule has 0 saturated heterocycles. The zero-order valence-electron chi connectivity index (χ0n) is 10.3. The maximum absolute atomic E-state index is 6.28. The van der Waals surface area contributed by atoms with Crippen LogP contribution in [0.15, 0.2) is 48.5 Å². The van der Waals surface area contributed by atoms with Crippen molar-refractivity contribution in [1.29, 1.82) is 0 Å². The monoisotopic (exact) mass is 260 g/mol. The standard InChI is InChI=1S/C15H17ClSi/c1-11-8-12(2)10-14(9-11)15(17-16)13-6-4-3-5-7-13/h3-10,15H,17H2,1-2H3. The molecule has 0 spiro atoms. The molecule has 0 N–H and O–H groups in total. The summed E-state index contributed by atoms with van der Waals surface area (Å²) >= 11 is 6.28. The highest BCUT2D eigenvalue weighted by Gasteiger charge is 2.13. The van der Waals surface area contributed by atoms with Gasteiger partial charge >= 0.3 is 0 Å². The number of hydrogen-bond acceptors (Lipinski definition) is 0. The van der Waals surface area contributed by atoms with Crippen LogP contribution in [0.4, 0.5) is 0 Å². The first-order valence-corrected chi connectivity index (χ1v) is 8.85. The SMILES string of the molecule is Cc1cc(C)cc(C([SiH2]Cl)c2ccccc2)c1. The third kappa shape index (κ3) is 2.99. The number of rotatable bonds is 3. The van der Waals surface area contributed by atoms with E-state index in [1.807, 2.05) is 0 Å². The number of hydrogen-bond donors (Lipinski definition) is 0. The van der Waals surface area contributed by atoms with E-state index in [-0.39, 0.29) is 0 Å². The molecule has 0 nitrogen and oxygen atoms in total. The molecule has 2 aromatic carbocycles. The fraction of sp³-hybridized carbons (Fsp3) is 0.200. The minimum absolute atomic E-state index is 0.427. The molecule has 1 unspecified atom stereocenters. The third-order valence-electron chi connectivity index (χ3n) is 3.00. The Kier molecular flexibility index (Phi) is 4.03. The van der Waals surface area contributed by atoms with Gasteiger partial charge in [0.2, 0.25) is 0 Å². The number of benzene rings is 2. The lowest BCUT2D eigenvalue weighted by Crippen LogP contribution is -2.06. The zero-order valence-corrected chi connectivity index (χ0v) is 12.5. The molecule has 88 valence electrons. The Hall–Kier alpha value is -1.05. The average molecular weight is 261 g/mol. The summed E-state index contributed by atoms with van der Waals surface area (Å²) in [6.45, 7) is 4.29. The largest absolute Gasteiger partial charge is 0.175 e. The highest BCUT2D eigenvalue weighted by Crippen LogP contribution is 2.26. The van der Waals surface area contributed by atoms with Crippen LogP contribution in [0, 0.1) is 13.8 Å². The molecular formula is C15H17ClSi. The minimum atomic E-state index is -0.628. The van der Waals surface area contributed by atoms with Crippen LogP contribution < -0.4 is 0 Å². The molecular weight excluding hydrogens is 244 g/mol. The van der Waals surface area contributed by atoms with E-state index in [0.717, 1.165) is 0 Å². The normalized spacial score (nSPS) is 13.1. The molecule has 0 aromatic heterocycles. The quantitative estimate of drug-likeness (QED) is 0.583. The van der Waals surface area contributed by atoms with E-state index in [2.05, 4.69) is 62.4 Å². The Bertz CT molecular complexity index is 473. The van der Waals surface area contributed by atoms with Crippen molar-refractivity contribution < 1.29 is 0 Å². The molecule has 0 fully saturated rings. The second-order valence-corrected chi connectivity index (χ2v) is 6.59. The van der Waals surface area contributed by atoms with Crippen molar-refractivity contribution in [2.24, 2.45) is 0 Å². The van der Waals surface area contributed by atoms with Crippen LogP contribution >= 0.6 is 11.1 Å². The Morgan fingerprint density at radius 3 is 2.00 bits per heavy atom. The van der Waals surface area contributed by atoms with E-state index in [0.29, 0.717) is 5.54 Å². The van der Waals surface area contributed by atoms with Crippen molar-refractivity contribution in [3.63, 3.8) is 0 Å². The second kappa shape index (κ2) is 5.52. The van der Waals surface area contributed by atoms with Gasteiger partial charge in [0.15, 0.2) is 0 Å². The van der Waals surface area contributed by atoms with Crippen LogP contribution in [0.25, 0.3) is 0 Å². The first-order valence-electron chi connectivity index (χ1n) is 5.90. The summed E-state index contributed by atoms with van der Waals surface area (Å²) in [6, 6.07) is 17.3. The lowest BCUT2D eigenvalue weighted by atomic mass is 10.00. The van der Waals surface area contributed by atoms with Crippen LogP contribution in [-0.2, 0) is 0 Å². The van der Waals surface area contributed by atoms with Gasteiger partial charge in [-0.15, -0.1) is 0 Å². The molecule has 17 heavy (non-hydrogen) atoms. The van der Waals surface area contributed by atoms with Crippen molar-refractivity contribution in [3.8, 4) is 0 Å². The predicted molar refractivity (Wildman–Crippen MR) is 78.6 cm³/mol. The van der Waals surface area contributed by atoms with Gasteiger partial charge in [-0.2, -0.15) is 11.1 Å². The van der Waals surface area contributed by atoms with Gasteiger partial charge in [0.05, 0.1) is 0 Å². The first kappa shape index (κ1) is 12.4. The van der Waals surface area contributed by atoms with Gasteiger partial charge in [0.25, 0.3) is 0 Å². The lowest BCUT2D eigenvalue weighted by molar-refractivity contribution is 1.12. The molecule has 0 saturated carbocycles. The van der Waals surface area contributed by atoms with Crippen molar-refractivity contribution in [2.75, 3.05) is 0 Å². The summed E-state index contributed by atoms with van der Waals surface area (Å²) in [7, 11) is -0.628. The molecule has 0 bridgehead atoms. The maximum atomic E-state index is 6.28. The maximum Gasteiger partial charge on any atom is 0.137 e. The van der Waals surface area contributed by atoms with Gasteiger partial charge in [-0.25, -0.2) is 0 Å². The Balaban J connectivity index is 2.42. The van der Waals surface area contributed by atoms with Crippen LogP contribution in [0.2, 0.25) is 0 Å². The highest BCUT2D eigenvalue weighted by atomic mass is 35.6. The Labute approximate surface area is 110 Å². The van der Waals surface area contributed by atoms with E-state index in [1.54, 1.807) is 0 Å². The van der Waals surface area contributed by atoms with E-state index in [4.69, 9.17) is 11.1 Å².